The Morgan fingerprint density at radius 2 is 1.92 bits per heavy atom. The van der Waals surface area contributed by atoms with Crippen molar-refractivity contribution < 1.29 is 14.3 Å². The maximum Gasteiger partial charge on any atom is 0.253 e. The van der Waals surface area contributed by atoms with Crippen molar-refractivity contribution in [3.05, 3.63) is 29.3 Å². The molecule has 0 aromatic heterocycles. The molecule has 0 spiro atoms. The first kappa shape index (κ1) is 18.7. The van der Waals surface area contributed by atoms with Crippen molar-refractivity contribution in [3.63, 3.8) is 0 Å². The molecule has 0 atom stereocenters. The van der Waals surface area contributed by atoms with Crippen LogP contribution in [0, 0.1) is 0 Å². The molecule has 0 radical (unpaired) electrons. The third kappa shape index (κ3) is 5.21. The molecule has 1 aliphatic heterocycles. The van der Waals surface area contributed by atoms with Crippen molar-refractivity contribution in [3.8, 4) is 5.75 Å². The topological polar surface area (TPSA) is 42.0 Å². The van der Waals surface area contributed by atoms with Gasteiger partial charge < -0.3 is 19.3 Å². The van der Waals surface area contributed by atoms with Gasteiger partial charge in [0.15, 0.2) is 0 Å². The number of nitrogens with zero attached hydrogens (tertiary/aromatic N) is 2. The van der Waals surface area contributed by atoms with Gasteiger partial charge in [0, 0.05) is 43.9 Å². The molecule has 1 heterocycles. The Hall–Kier alpha value is -1.59. The molecule has 1 aromatic carbocycles. The Morgan fingerprint density at radius 1 is 1.17 bits per heavy atom. The van der Waals surface area contributed by atoms with Gasteiger partial charge in [0.1, 0.15) is 5.75 Å². The molecule has 0 unspecified atom stereocenters. The van der Waals surface area contributed by atoms with Crippen LogP contribution in [0.2, 0.25) is 0 Å². The van der Waals surface area contributed by atoms with Crippen LogP contribution < -0.4 is 4.74 Å². The third-order valence-electron chi connectivity index (χ3n) is 4.30. The van der Waals surface area contributed by atoms with E-state index in [1.54, 1.807) is 0 Å². The van der Waals surface area contributed by atoms with Crippen LogP contribution in [-0.4, -0.2) is 62.1 Å². The smallest absolute Gasteiger partial charge is 0.253 e. The van der Waals surface area contributed by atoms with Crippen LogP contribution in [0.1, 0.15) is 42.6 Å². The highest BCUT2D eigenvalue weighted by Crippen LogP contribution is 2.22. The minimum absolute atomic E-state index is 0.0981. The van der Waals surface area contributed by atoms with E-state index < -0.39 is 0 Å². The van der Waals surface area contributed by atoms with E-state index in [2.05, 4.69) is 18.9 Å². The van der Waals surface area contributed by atoms with Gasteiger partial charge in [-0.2, -0.15) is 0 Å². The van der Waals surface area contributed by atoms with Crippen LogP contribution in [0.25, 0.3) is 0 Å². The predicted octanol–water partition coefficient (Wildman–Crippen LogP) is 2.79. The number of rotatable bonds is 8. The Balaban J connectivity index is 2.07. The maximum atomic E-state index is 12.7. The van der Waals surface area contributed by atoms with Crippen LogP contribution >= 0.6 is 0 Å². The normalized spacial score (nSPS) is 15.5. The second kappa shape index (κ2) is 9.64. The average molecular weight is 334 g/mol. The molecular weight excluding hydrogens is 304 g/mol. The van der Waals surface area contributed by atoms with Gasteiger partial charge in [0.2, 0.25) is 0 Å². The standard InChI is InChI=1S/C19H30N2O3/c1-4-6-13-23-15-17-14-16(7-8-18(17)24-5-2)19(22)21-11-9-20(3)10-12-21/h7-8,14H,4-6,9-13,15H2,1-3H3. The van der Waals surface area contributed by atoms with E-state index in [9.17, 15) is 4.79 Å². The van der Waals surface area contributed by atoms with Crippen molar-refractivity contribution in [2.45, 2.75) is 33.3 Å². The molecule has 1 amide bonds. The first-order valence-electron chi connectivity index (χ1n) is 8.97. The van der Waals surface area contributed by atoms with E-state index in [4.69, 9.17) is 9.47 Å². The van der Waals surface area contributed by atoms with E-state index in [-0.39, 0.29) is 5.91 Å². The minimum atomic E-state index is 0.0981. The Kier molecular flexibility index (Phi) is 7.53. The molecular formula is C19H30N2O3. The van der Waals surface area contributed by atoms with E-state index in [1.165, 1.54) is 0 Å². The summed E-state index contributed by atoms with van der Waals surface area (Å²) < 4.78 is 11.4. The summed E-state index contributed by atoms with van der Waals surface area (Å²) >= 11 is 0. The van der Waals surface area contributed by atoms with Crippen molar-refractivity contribution in [2.75, 3.05) is 46.4 Å². The second-order valence-electron chi connectivity index (χ2n) is 6.26. The lowest BCUT2D eigenvalue weighted by Crippen LogP contribution is -2.47. The molecule has 24 heavy (non-hydrogen) atoms. The van der Waals surface area contributed by atoms with Crippen molar-refractivity contribution in [2.24, 2.45) is 0 Å². The van der Waals surface area contributed by atoms with E-state index in [0.717, 1.165) is 62.5 Å². The monoisotopic (exact) mass is 334 g/mol. The summed E-state index contributed by atoms with van der Waals surface area (Å²) in [6, 6.07) is 5.68. The average Bonchev–Trinajstić information content (AvgIpc) is 2.60. The van der Waals surface area contributed by atoms with Gasteiger partial charge >= 0.3 is 0 Å². The number of likely N-dealkylation sites (N-methyl/N-ethyl adjacent to an activating group) is 1. The van der Waals surface area contributed by atoms with E-state index in [0.29, 0.717) is 13.2 Å². The summed E-state index contributed by atoms with van der Waals surface area (Å²) in [5, 5.41) is 0. The number of unbranched alkanes of at least 4 members (excludes halogenated alkanes) is 1. The third-order valence-corrected chi connectivity index (χ3v) is 4.30. The van der Waals surface area contributed by atoms with E-state index in [1.807, 2.05) is 30.0 Å². The van der Waals surface area contributed by atoms with Gasteiger partial charge in [0.25, 0.3) is 5.91 Å². The zero-order valence-corrected chi connectivity index (χ0v) is 15.2. The zero-order chi connectivity index (χ0) is 17.4. The minimum Gasteiger partial charge on any atom is -0.494 e. The predicted molar refractivity (Wildman–Crippen MR) is 95.6 cm³/mol. The highest BCUT2D eigenvalue weighted by Gasteiger charge is 2.21. The van der Waals surface area contributed by atoms with Crippen LogP contribution in [0.3, 0.4) is 0 Å². The van der Waals surface area contributed by atoms with Gasteiger partial charge in [-0.3, -0.25) is 4.79 Å². The number of hydrogen-bond donors (Lipinski definition) is 0. The first-order chi connectivity index (χ1) is 11.7. The summed E-state index contributed by atoms with van der Waals surface area (Å²) in [5.74, 6) is 0.907. The Bertz CT molecular complexity index is 525. The van der Waals surface area contributed by atoms with Gasteiger partial charge in [0.05, 0.1) is 13.2 Å². The number of hydrogen-bond acceptors (Lipinski definition) is 4. The van der Waals surface area contributed by atoms with Crippen LogP contribution in [0.5, 0.6) is 5.75 Å². The fraction of sp³-hybridized carbons (Fsp3) is 0.632. The molecule has 5 nitrogen and oxygen atoms in total. The highest BCUT2D eigenvalue weighted by atomic mass is 16.5. The fourth-order valence-corrected chi connectivity index (χ4v) is 2.74. The lowest BCUT2D eigenvalue weighted by atomic mass is 10.1. The number of ether oxygens (including phenoxy) is 2. The SMILES string of the molecule is CCCCOCc1cc(C(=O)N2CCN(C)CC2)ccc1OCC. The fourth-order valence-electron chi connectivity index (χ4n) is 2.74. The second-order valence-corrected chi connectivity index (χ2v) is 6.26. The van der Waals surface area contributed by atoms with Gasteiger partial charge in [-0.05, 0) is 38.6 Å². The lowest BCUT2D eigenvalue weighted by Gasteiger charge is -2.32. The number of carbonyl (C=O) groups is 1. The van der Waals surface area contributed by atoms with Crippen molar-refractivity contribution >= 4 is 5.91 Å². The van der Waals surface area contributed by atoms with Crippen LogP contribution in [0.4, 0.5) is 0 Å². The lowest BCUT2D eigenvalue weighted by molar-refractivity contribution is 0.0663. The van der Waals surface area contributed by atoms with Crippen LogP contribution in [-0.2, 0) is 11.3 Å². The molecule has 1 fully saturated rings. The molecule has 0 bridgehead atoms. The number of amides is 1. The molecule has 2 rings (SSSR count). The van der Waals surface area contributed by atoms with Crippen molar-refractivity contribution in [1.82, 2.24) is 9.80 Å². The van der Waals surface area contributed by atoms with Gasteiger partial charge in [-0.25, -0.2) is 0 Å². The number of piperazine rings is 1. The highest BCUT2D eigenvalue weighted by molar-refractivity contribution is 5.94. The number of carbonyl (C=O) groups excluding carboxylic acids is 1. The molecule has 134 valence electrons. The Morgan fingerprint density at radius 3 is 2.58 bits per heavy atom. The van der Waals surface area contributed by atoms with Crippen molar-refractivity contribution in [1.29, 1.82) is 0 Å². The number of benzene rings is 1. The van der Waals surface area contributed by atoms with Gasteiger partial charge in [-0.15, -0.1) is 0 Å². The maximum absolute atomic E-state index is 12.7. The summed E-state index contributed by atoms with van der Waals surface area (Å²) in [6.07, 6.45) is 2.16. The summed E-state index contributed by atoms with van der Waals surface area (Å²) in [6.45, 7) is 9.35. The summed E-state index contributed by atoms with van der Waals surface area (Å²) in [5.41, 5.74) is 1.67. The molecule has 5 heteroatoms. The summed E-state index contributed by atoms with van der Waals surface area (Å²) in [4.78, 5) is 16.9. The summed E-state index contributed by atoms with van der Waals surface area (Å²) in [7, 11) is 2.09. The van der Waals surface area contributed by atoms with E-state index >= 15 is 0 Å². The molecule has 0 aliphatic carbocycles. The molecule has 1 aliphatic rings. The molecule has 1 aromatic rings. The zero-order valence-electron chi connectivity index (χ0n) is 15.2. The quantitative estimate of drug-likeness (QED) is 0.686. The molecule has 0 N–H and O–H groups in total. The van der Waals surface area contributed by atoms with Crippen LogP contribution in [0.15, 0.2) is 18.2 Å². The van der Waals surface area contributed by atoms with Gasteiger partial charge in [-0.1, -0.05) is 13.3 Å². The largest absolute Gasteiger partial charge is 0.494 e. The first-order valence-corrected chi connectivity index (χ1v) is 8.97. The molecule has 0 saturated carbocycles. The molecule has 1 saturated heterocycles. The Labute approximate surface area is 145 Å².